The first kappa shape index (κ1) is 16.1. The van der Waals surface area contributed by atoms with Gasteiger partial charge in [0, 0.05) is 29.2 Å². The maximum absolute atomic E-state index is 11.8. The number of thioether (sulfide) groups is 1. The van der Waals surface area contributed by atoms with E-state index in [1.54, 1.807) is 11.8 Å². The highest BCUT2D eigenvalue weighted by molar-refractivity contribution is 7.99. The summed E-state index contributed by atoms with van der Waals surface area (Å²) in [6.45, 7) is 6.00. The van der Waals surface area contributed by atoms with Gasteiger partial charge >= 0.3 is 0 Å². The maximum Gasteiger partial charge on any atom is 0.221 e. The number of hydrogen-bond acceptors (Lipinski definition) is 3. The van der Waals surface area contributed by atoms with Crippen molar-refractivity contribution in [2.75, 3.05) is 12.4 Å². The maximum atomic E-state index is 11.8. The van der Waals surface area contributed by atoms with E-state index in [9.17, 15) is 4.79 Å². The Balaban J connectivity index is 2.29. The second kappa shape index (κ2) is 7.56. The summed E-state index contributed by atoms with van der Waals surface area (Å²) in [5.74, 6) is 0.808. The molecule has 0 saturated carbocycles. The van der Waals surface area contributed by atoms with Crippen LogP contribution in [0.4, 0.5) is 0 Å². The zero-order valence-corrected chi connectivity index (χ0v) is 12.7. The summed E-state index contributed by atoms with van der Waals surface area (Å²) in [5.41, 5.74) is 0.910. The molecule has 0 atom stereocenters. The van der Waals surface area contributed by atoms with E-state index in [1.165, 1.54) is 10.5 Å². The Bertz CT molecular complexity index is 401. The largest absolute Gasteiger partial charge is 0.396 e. The minimum absolute atomic E-state index is 0.0399. The lowest BCUT2D eigenvalue weighted by atomic mass is 10.0. The first-order chi connectivity index (χ1) is 8.93. The third kappa shape index (κ3) is 6.64. The number of nitrogens with one attached hydrogen (secondary N) is 1. The Morgan fingerprint density at radius 1 is 1.32 bits per heavy atom. The summed E-state index contributed by atoms with van der Waals surface area (Å²) >= 11 is 1.69. The van der Waals surface area contributed by atoms with E-state index in [0.717, 1.165) is 5.75 Å². The lowest BCUT2D eigenvalue weighted by Gasteiger charge is -2.25. The monoisotopic (exact) mass is 281 g/mol. The van der Waals surface area contributed by atoms with Crippen LogP contribution in [0.1, 0.15) is 32.3 Å². The second-order valence-corrected chi connectivity index (χ2v) is 6.49. The molecule has 4 heteroatoms. The number of aliphatic hydroxyl groups excluding tert-OH is 1. The molecule has 2 N–H and O–H groups in total. The van der Waals surface area contributed by atoms with Crippen LogP contribution in [0.5, 0.6) is 0 Å². The van der Waals surface area contributed by atoms with Crippen LogP contribution in [0, 0.1) is 6.92 Å². The number of aryl methyl sites for hydroxylation is 1. The molecule has 1 rings (SSSR count). The van der Waals surface area contributed by atoms with Crippen LogP contribution in [-0.4, -0.2) is 28.9 Å². The molecule has 0 bridgehead atoms. The summed E-state index contributed by atoms with van der Waals surface area (Å²) in [4.78, 5) is 13.0. The van der Waals surface area contributed by atoms with Crippen molar-refractivity contribution < 1.29 is 9.90 Å². The van der Waals surface area contributed by atoms with Crippen LogP contribution < -0.4 is 5.32 Å². The smallest absolute Gasteiger partial charge is 0.221 e. The molecule has 106 valence electrons. The molecule has 0 radical (unpaired) electrons. The standard InChI is InChI=1S/C15H23NO2S/c1-12-4-6-13(7-5-12)19-11-8-14(18)16-15(2,3)9-10-17/h4-7,17H,8-11H2,1-3H3,(H,16,18). The fourth-order valence-electron chi connectivity index (χ4n) is 1.68. The molecular formula is C15H23NO2S. The molecule has 0 aromatic heterocycles. The Labute approximate surface area is 119 Å². The summed E-state index contributed by atoms with van der Waals surface area (Å²) in [7, 11) is 0. The summed E-state index contributed by atoms with van der Waals surface area (Å²) in [5, 5.41) is 11.8. The van der Waals surface area contributed by atoms with E-state index in [0.29, 0.717) is 12.8 Å². The van der Waals surface area contributed by atoms with Crippen LogP contribution in [0.25, 0.3) is 0 Å². The molecule has 1 aromatic rings. The van der Waals surface area contributed by atoms with E-state index in [4.69, 9.17) is 5.11 Å². The number of hydrogen-bond donors (Lipinski definition) is 2. The number of amides is 1. The quantitative estimate of drug-likeness (QED) is 0.756. The van der Waals surface area contributed by atoms with Crippen molar-refractivity contribution in [2.24, 2.45) is 0 Å². The minimum Gasteiger partial charge on any atom is -0.396 e. The van der Waals surface area contributed by atoms with Crippen LogP contribution in [0.15, 0.2) is 29.2 Å². The van der Waals surface area contributed by atoms with Crippen LogP contribution in [-0.2, 0) is 4.79 Å². The van der Waals surface area contributed by atoms with E-state index >= 15 is 0 Å². The van der Waals surface area contributed by atoms with Gasteiger partial charge in [0.05, 0.1) is 0 Å². The molecule has 0 saturated heterocycles. The van der Waals surface area contributed by atoms with E-state index in [-0.39, 0.29) is 18.1 Å². The van der Waals surface area contributed by atoms with Crippen molar-refractivity contribution in [1.82, 2.24) is 5.32 Å². The Hall–Kier alpha value is -1.00. The number of rotatable bonds is 7. The predicted molar refractivity (Wildman–Crippen MR) is 80.4 cm³/mol. The average molecular weight is 281 g/mol. The van der Waals surface area contributed by atoms with Gasteiger partial charge in [0.15, 0.2) is 0 Å². The normalized spacial score (nSPS) is 11.4. The van der Waals surface area contributed by atoms with Crippen molar-refractivity contribution in [2.45, 2.75) is 44.0 Å². The van der Waals surface area contributed by atoms with E-state index < -0.39 is 0 Å². The van der Waals surface area contributed by atoms with Gasteiger partial charge in [0.2, 0.25) is 5.91 Å². The SMILES string of the molecule is Cc1ccc(SCCC(=O)NC(C)(C)CCO)cc1. The Kier molecular flexibility index (Phi) is 6.38. The molecule has 1 aromatic carbocycles. The van der Waals surface area contributed by atoms with Gasteiger partial charge in [-0.1, -0.05) is 17.7 Å². The fourth-order valence-corrected chi connectivity index (χ4v) is 2.53. The molecule has 0 unspecified atom stereocenters. The molecule has 0 aliphatic carbocycles. The van der Waals surface area contributed by atoms with Gasteiger partial charge in [0.1, 0.15) is 0 Å². The molecular weight excluding hydrogens is 258 g/mol. The van der Waals surface area contributed by atoms with Gasteiger partial charge in [0.25, 0.3) is 0 Å². The van der Waals surface area contributed by atoms with Gasteiger partial charge in [-0.05, 0) is 39.3 Å². The number of carbonyl (C=O) groups excluding carboxylic acids is 1. The van der Waals surface area contributed by atoms with Crippen LogP contribution in [0.2, 0.25) is 0 Å². The summed E-state index contributed by atoms with van der Waals surface area (Å²) < 4.78 is 0. The molecule has 0 heterocycles. The van der Waals surface area contributed by atoms with Gasteiger partial charge in [-0.25, -0.2) is 0 Å². The minimum atomic E-state index is -0.333. The van der Waals surface area contributed by atoms with Gasteiger partial charge < -0.3 is 10.4 Å². The lowest BCUT2D eigenvalue weighted by Crippen LogP contribution is -2.44. The Morgan fingerprint density at radius 2 is 1.95 bits per heavy atom. The molecule has 0 aliphatic heterocycles. The van der Waals surface area contributed by atoms with Crippen molar-refractivity contribution in [3.05, 3.63) is 29.8 Å². The van der Waals surface area contributed by atoms with Crippen molar-refractivity contribution >= 4 is 17.7 Å². The van der Waals surface area contributed by atoms with Crippen molar-refractivity contribution in [1.29, 1.82) is 0 Å². The predicted octanol–water partition coefficient (Wildman–Crippen LogP) is 2.75. The van der Waals surface area contributed by atoms with Gasteiger partial charge in [-0.15, -0.1) is 11.8 Å². The average Bonchev–Trinajstić information content (AvgIpc) is 2.30. The first-order valence-electron chi connectivity index (χ1n) is 6.54. The highest BCUT2D eigenvalue weighted by Gasteiger charge is 2.19. The van der Waals surface area contributed by atoms with Gasteiger partial charge in [-0.2, -0.15) is 0 Å². The zero-order chi connectivity index (χ0) is 14.3. The zero-order valence-electron chi connectivity index (χ0n) is 11.9. The Morgan fingerprint density at radius 3 is 2.53 bits per heavy atom. The molecule has 3 nitrogen and oxygen atoms in total. The third-order valence-corrected chi connectivity index (χ3v) is 3.85. The van der Waals surface area contributed by atoms with Crippen LogP contribution >= 0.6 is 11.8 Å². The van der Waals surface area contributed by atoms with Crippen LogP contribution in [0.3, 0.4) is 0 Å². The second-order valence-electron chi connectivity index (χ2n) is 5.32. The third-order valence-electron chi connectivity index (χ3n) is 2.83. The fraction of sp³-hybridized carbons (Fsp3) is 0.533. The summed E-state index contributed by atoms with van der Waals surface area (Å²) in [6.07, 6.45) is 1.07. The number of benzene rings is 1. The number of carbonyl (C=O) groups is 1. The van der Waals surface area contributed by atoms with E-state index in [1.807, 2.05) is 13.8 Å². The molecule has 1 amide bonds. The lowest BCUT2D eigenvalue weighted by molar-refractivity contribution is -0.122. The molecule has 0 fully saturated rings. The molecule has 19 heavy (non-hydrogen) atoms. The van der Waals surface area contributed by atoms with Crippen molar-refractivity contribution in [3.63, 3.8) is 0 Å². The molecule has 0 aliphatic rings. The van der Waals surface area contributed by atoms with E-state index in [2.05, 4.69) is 36.5 Å². The topological polar surface area (TPSA) is 49.3 Å². The first-order valence-corrected chi connectivity index (χ1v) is 7.53. The number of aliphatic hydroxyl groups is 1. The highest BCUT2D eigenvalue weighted by Crippen LogP contribution is 2.19. The van der Waals surface area contributed by atoms with Crippen molar-refractivity contribution in [3.8, 4) is 0 Å². The summed E-state index contributed by atoms with van der Waals surface area (Å²) in [6, 6.07) is 8.31. The van der Waals surface area contributed by atoms with Gasteiger partial charge in [-0.3, -0.25) is 4.79 Å². The molecule has 0 spiro atoms. The highest BCUT2D eigenvalue weighted by atomic mass is 32.2.